The summed E-state index contributed by atoms with van der Waals surface area (Å²) in [4.78, 5) is 21.5. The zero-order valence-electron chi connectivity index (χ0n) is 16.3. The molecule has 0 unspecified atom stereocenters. The molecule has 0 saturated carbocycles. The Morgan fingerprint density at radius 3 is 2.59 bits per heavy atom. The molecule has 2 aromatic heterocycles. The van der Waals surface area contributed by atoms with E-state index in [1.165, 1.54) is 16.4 Å². The van der Waals surface area contributed by atoms with E-state index in [0.29, 0.717) is 23.8 Å². The Bertz CT molecular complexity index is 1030. The molecule has 8 heteroatoms. The monoisotopic (exact) mass is 428 g/mol. The lowest BCUT2D eigenvalue weighted by molar-refractivity contribution is 0.0941. The minimum atomic E-state index is -0.197. The van der Waals surface area contributed by atoms with Gasteiger partial charge in [0.15, 0.2) is 0 Å². The molecular weight excluding hydrogens is 408 g/mol. The minimum absolute atomic E-state index is 0.197. The fourth-order valence-corrected chi connectivity index (χ4v) is 4.43. The highest BCUT2D eigenvalue weighted by molar-refractivity contribution is 7.99. The van der Waals surface area contributed by atoms with Gasteiger partial charge < -0.3 is 9.64 Å². The van der Waals surface area contributed by atoms with Crippen LogP contribution in [-0.2, 0) is 4.74 Å². The summed E-state index contributed by atoms with van der Waals surface area (Å²) >= 11 is 7.81. The number of aryl methyl sites for hydroxylation is 1. The van der Waals surface area contributed by atoms with Crippen molar-refractivity contribution in [2.75, 3.05) is 31.2 Å². The summed E-state index contributed by atoms with van der Waals surface area (Å²) in [5.74, 6) is 0.658. The minimum Gasteiger partial charge on any atom is -0.378 e. The molecule has 1 aromatic carbocycles. The van der Waals surface area contributed by atoms with Crippen LogP contribution in [0.15, 0.2) is 52.4 Å². The van der Waals surface area contributed by atoms with Gasteiger partial charge in [0.25, 0.3) is 5.91 Å². The van der Waals surface area contributed by atoms with E-state index in [1.54, 1.807) is 12.3 Å². The van der Waals surface area contributed by atoms with Crippen LogP contribution >= 0.6 is 23.4 Å². The molecule has 150 valence electrons. The molecule has 4 rings (SSSR count). The number of carbonyl (C=O) groups is 1. The van der Waals surface area contributed by atoms with Gasteiger partial charge in [-0.3, -0.25) is 4.79 Å². The van der Waals surface area contributed by atoms with Gasteiger partial charge in [-0.25, -0.2) is 4.98 Å². The average Bonchev–Trinajstić information content (AvgIpc) is 3.04. The van der Waals surface area contributed by atoms with Crippen LogP contribution in [0.5, 0.6) is 0 Å². The first-order valence-electron chi connectivity index (χ1n) is 9.36. The van der Waals surface area contributed by atoms with E-state index in [4.69, 9.17) is 16.3 Å². The summed E-state index contributed by atoms with van der Waals surface area (Å²) in [6.07, 6.45) is 1.62. The number of nitrogens with zero attached hydrogens (tertiary/aromatic N) is 4. The second-order valence-electron chi connectivity index (χ2n) is 6.75. The van der Waals surface area contributed by atoms with E-state index in [2.05, 4.69) is 15.0 Å². The Hall–Kier alpha value is -2.35. The van der Waals surface area contributed by atoms with Gasteiger partial charge >= 0.3 is 0 Å². The van der Waals surface area contributed by atoms with Crippen LogP contribution in [0.25, 0.3) is 0 Å². The number of aromatic nitrogens is 3. The Morgan fingerprint density at radius 1 is 1.14 bits per heavy atom. The first-order chi connectivity index (χ1) is 14.0. The Morgan fingerprint density at radius 2 is 1.90 bits per heavy atom. The van der Waals surface area contributed by atoms with Crippen LogP contribution in [0.4, 0.5) is 5.82 Å². The van der Waals surface area contributed by atoms with Crippen LogP contribution in [0.2, 0.25) is 5.02 Å². The van der Waals surface area contributed by atoms with Crippen molar-refractivity contribution in [3.05, 3.63) is 64.6 Å². The number of anilines is 1. The SMILES string of the molecule is Cc1nn(C(=O)c2ccc(N3CCOCC3)nc2)c(C)c1Sc1ccccc1Cl. The van der Waals surface area contributed by atoms with Gasteiger partial charge in [0.05, 0.1) is 40.1 Å². The van der Waals surface area contributed by atoms with E-state index in [9.17, 15) is 4.79 Å². The highest BCUT2D eigenvalue weighted by Gasteiger charge is 2.20. The van der Waals surface area contributed by atoms with Gasteiger partial charge in [-0.05, 0) is 38.1 Å². The molecular formula is C21H21ClN4O2S. The van der Waals surface area contributed by atoms with E-state index in [-0.39, 0.29) is 5.91 Å². The number of benzene rings is 1. The zero-order chi connectivity index (χ0) is 20.4. The molecule has 1 fully saturated rings. The standard InChI is InChI=1S/C21H21ClN4O2S/c1-14-20(29-18-6-4-3-5-17(18)22)15(2)26(24-14)21(27)16-7-8-19(23-13-16)25-9-11-28-12-10-25/h3-8,13H,9-12H2,1-2H3. The average molecular weight is 429 g/mol. The molecule has 29 heavy (non-hydrogen) atoms. The lowest BCUT2D eigenvalue weighted by Gasteiger charge is -2.27. The summed E-state index contributed by atoms with van der Waals surface area (Å²) in [5, 5.41) is 5.15. The molecule has 3 aromatic rings. The first kappa shape index (κ1) is 19.9. The van der Waals surface area contributed by atoms with Gasteiger partial charge in [-0.1, -0.05) is 35.5 Å². The maximum atomic E-state index is 13.0. The van der Waals surface area contributed by atoms with E-state index in [1.807, 2.05) is 44.2 Å². The molecule has 0 spiro atoms. The predicted molar refractivity (Wildman–Crippen MR) is 114 cm³/mol. The van der Waals surface area contributed by atoms with Gasteiger partial charge in [0, 0.05) is 24.2 Å². The second kappa shape index (κ2) is 8.57. The smallest absolute Gasteiger partial charge is 0.279 e. The number of carbonyl (C=O) groups excluding carboxylic acids is 1. The van der Waals surface area contributed by atoms with Crippen molar-refractivity contribution in [2.24, 2.45) is 0 Å². The van der Waals surface area contributed by atoms with E-state index in [0.717, 1.165) is 40.1 Å². The van der Waals surface area contributed by atoms with Crippen molar-refractivity contribution < 1.29 is 9.53 Å². The van der Waals surface area contributed by atoms with Crippen molar-refractivity contribution in [3.63, 3.8) is 0 Å². The molecule has 1 aliphatic rings. The lowest BCUT2D eigenvalue weighted by atomic mass is 10.2. The van der Waals surface area contributed by atoms with E-state index < -0.39 is 0 Å². The fraction of sp³-hybridized carbons (Fsp3) is 0.286. The predicted octanol–water partition coefficient (Wildman–Crippen LogP) is 4.22. The third-order valence-electron chi connectivity index (χ3n) is 4.80. The Balaban J connectivity index is 1.57. The van der Waals surface area contributed by atoms with Crippen molar-refractivity contribution in [1.82, 2.24) is 14.8 Å². The number of rotatable bonds is 4. The van der Waals surface area contributed by atoms with Gasteiger partial charge in [-0.2, -0.15) is 9.78 Å². The maximum Gasteiger partial charge on any atom is 0.279 e. The topological polar surface area (TPSA) is 60.2 Å². The molecule has 0 amide bonds. The highest BCUT2D eigenvalue weighted by Crippen LogP contribution is 2.36. The largest absolute Gasteiger partial charge is 0.378 e. The van der Waals surface area contributed by atoms with Crippen LogP contribution < -0.4 is 4.90 Å². The Labute approximate surface area is 178 Å². The third kappa shape index (κ3) is 4.17. The summed E-state index contributed by atoms with van der Waals surface area (Å²) in [6, 6.07) is 11.3. The quantitative estimate of drug-likeness (QED) is 0.620. The highest BCUT2D eigenvalue weighted by atomic mass is 35.5. The summed E-state index contributed by atoms with van der Waals surface area (Å²) in [6.45, 7) is 6.79. The molecule has 0 N–H and O–H groups in total. The van der Waals surface area contributed by atoms with Crippen molar-refractivity contribution >= 4 is 35.1 Å². The zero-order valence-corrected chi connectivity index (χ0v) is 17.8. The van der Waals surface area contributed by atoms with Crippen molar-refractivity contribution in [3.8, 4) is 0 Å². The first-order valence-corrected chi connectivity index (χ1v) is 10.6. The lowest BCUT2D eigenvalue weighted by Crippen LogP contribution is -2.36. The summed E-state index contributed by atoms with van der Waals surface area (Å²) < 4.78 is 6.82. The number of pyridine rings is 1. The number of morpholine rings is 1. The van der Waals surface area contributed by atoms with Crippen LogP contribution in [-0.4, -0.2) is 47.0 Å². The van der Waals surface area contributed by atoms with Gasteiger partial charge in [0.1, 0.15) is 5.82 Å². The Kier molecular flexibility index (Phi) is 5.89. The second-order valence-corrected chi connectivity index (χ2v) is 8.21. The van der Waals surface area contributed by atoms with Gasteiger partial charge in [0.2, 0.25) is 0 Å². The molecule has 1 saturated heterocycles. The molecule has 0 bridgehead atoms. The number of halogens is 1. The van der Waals surface area contributed by atoms with Crippen LogP contribution in [0.3, 0.4) is 0 Å². The molecule has 6 nitrogen and oxygen atoms in total. The molecule has 0 atom stereocenters. The van der Waals surface area contributed by atoms with Crippen LogP contribution in [0.1, 0.15) is 21.7 Å². The van der Waals surface area contributed by atoms with Crippen LogP contribution in [0, 0.1) is 13.8 Å². The number of hydrogen-bond acceptors (Lipinski definition) is 6. The molecule has 0 aliphatic carbocycles. The van der Waals surface area contributed by atoms with Gasteiger partial charge in [-0.15, -0.1) is 0 Å². The summed E-state index contributed by atoms with van der Waals surface area (Å²) in [7, 11) is 0. The van der Waals surface area contributed by atoms with Crippen molar-refractivity contribution in [2.45, 2.75) is 23.6 Å². The fourth-order valence-electron chi connectivity index (χ4n) is 3.23. The maximum absolute atomic E-state index is 13.0. The van der Waals surface area contributed by atoms with Crippen molar-refractivity contribution in [1.29, 1.82) is 0 Å². The molecule has 0 radical (unpaired) electrons. The molecule has 3 heterocycles. The number of hydrogen-bond donors (Lipinski definition) is 0. The summed E-state index contributed by atoms with van der Waals surface area (Å²) in [5.41, 5.74) is 2.08. The third-order valence-corrected chi connectivity index (χ3v) is 6.61. The normalized spacial score (nSPS) is 14.2. The molecule has 1 aliphatic heterocycles. The number of ether oxygens (including phenoxy) is 1. The van der Waals surface area contributed by atoms with E-state index >= 15 is 0 Å².